The van der Waals surface area contributed by atoms with E-state index in [1.807, 2.05) is 0 Å². The molecule has 18 heavy (non-hydrogen) atoms. The number of rotatable bonds is 4. The highest BCUT2D eigenvalue weighted by molar-refractivity contribution is 5.90. The van der Waals surface area contributed by atoms with Gasteiger partial charge in [0.25, 0.3) is 0 Å². The van der Waals surface area contributed by atoms with Gasteiger partial charge in [-0.25, -0.2) is 14.1 Å². The number of anilines is 1. The summed E-state index contributed by atoms with van der Waals surface area (Å²) < 4.78 is 15.1. The molecule has 2 rings (SSSR count). The summed E-state index contributed by atoms with van der Waals surface area (Å²) in [6, 6.07) is 4.34. The van der Waals surface area contributed by atoms with Crippen LogP contribution >= 0.6 is 0 Å². The van der Waals surface area contributed by atoms with Gasteiger partial charge in [0.1, 0.15) is 18.3 Å². The van der Waals surface area contributed by atoms with Crippen molar-refractivity contribution in [3.05, 3.63) is 36.7 Å². The minimum absolute atomic E-state index is 0.201. The van der Waals surface area contributed by atoms with E-state index in [-0.39, 0.29) is 24.6 Å². The van der Waals surface area contributed by atoms with E-state index in [0.29, 0.717) is 5.69 Å². The Labute approximate surface area is 103 Å². The Hall–Kier alpha value is -2.28. The molecule has 0 spiro atoms. The zero-order valence-electron chi connectivity index (χ0n) is 9.51. The highest BCUT2D eigenvalue weighted by Crippen LogP contribution is 2.17. The Balaban J connectivity index is 2.18. The van der Waals surface area contributed by atoms with Crippen molar-refractivity contribution in [2.75, 3.05) is 11.9 Å². The van der Waals surface area contributed by atoms with Crippen LogP contribution in [0.1, 0.15) is 6.42 Å². The van der Waals surface area contributed by atoms with Crippen LogP contribution in [-0.4, -0.2) is 27.2 Å². The molecule has 0 bridgehead atoms. The highest BCUT2D eigenvalue weighted by Gasteiger charge is 2.07. The molecule has 0 atom stereocenters. The number of hydrogen-bond acceptors (Lipinski definition) is 4. The van der Waals surface area contributed by atoms with Crippen molar-refractivity contribution in [1.29, 1.82) is 0 Å². The Morgan fingerprint density at radius 2 is 2.33 bits per heavy atom. The number of nitrogens with zero attached hydrogens (tertiary/aromatic N) is 3. The molecule has 0 aliphatic rings. The molecule has 0 aliphatic carbocycles. The number of nitrogens with one attached hydrogen (secondary N) is 1. The maximum absolute atomic E-state index is 13.8. The van der Waals surface area contributed by atoms with E-state index in [1.54, 1.807) is 6.07 Å². The third-order valence-corrected chi connectivity index (χ3v) is 2.27. The molecule has 1 heterocycles. The fourth-order valence-electron chi connectivity index (χ4n) is 1.46. The normalized spacial score (nSPS) is 10.3. The van der Waals surface area contributed by atoms with Crippen LogP contribution in [0.3, 0.4) is 0 Å². The lowest BCUT2D eigenvalue weighted by atomic mass is 10.2. The molecular weight excluding hydrogens is 237 g/mol. The highest BCUT2D eigenvalue weighted by atomic mass is 19.1. The molecule has 6 nitrogen and oxygen atoms in total. The lowest BCUT2D eigenvalue weighted by Crippen LogP contribution is -2.16. The van der Waals surface area contributed by atoms with Gasteiger partial charge in [0, 0.05) is 18.7 Å². The quantitative estimate of drug-likeness (QED) is 0.834. The number of aromatic nitrogens is 3. The molecule has 2 aromatic rings. The summed E-state index contributed by atoms with van der Waals surface area (Å²) in [6.07, 6.45) is 2.91. The van der Waals surface area contributed by atoms with Crippen LogP contribution in [0.2, 0.25) is 0 Å². The minimum Gasteiger partial charge on any atom is -0.330 e. The number of benzene rings is 1. The average molecular weight is 249 g/mol. The van der Waals surface area contributed by atoms with E-state index in [1.165, 1.54) is 29.5 Å². The molecule has 0 saturated heterocycles. The molecule has 0 saturated carbocycles. The molecule has 0 radical (unpaired) electrons. The lowest BCUT2D eigenvalue weighted by Gasteiger charge is -2.07. The van der Waals surface area contributed by atoms with Gasteiger partial charge >= 0.3 is 0 Å². The molecule has 1 aromatic heterocycles. The summed E-state index contributed by atoms with van der Waals surface area (Å²) in [7, 11) is 0. The van der Waals surface area contributed by atoms with E-state index in [9.17, 15) is 9.18 Å². The van der Waals surface area contributed by atoms with Crippen molar-refractivity contribution in [2.24, 2.45) is 5.73 Å². The molecule has 7 heteroatoms. The second-order valence-electron chi connectivity index (χ2n) is 3.59. The maximum Gasteiger partial charge on any atom is 0.225 e. The predicted octanol–water partition coefficient (Wildman–Crippen LogP) is 0.694. The number of carbonyl (C=O) groups excluding carboxylic acids is 1. The van der Waals surface area contributed by atoms with Crippen LogP contribution in [0.4, 0.5) is 10.1 Å². The van der Waals surface area contributed by atoms with Gasteiger partial charge in [0.15, 0.2) is 5.82 Å². The summed E-state index contributed by atoms with van der Waals surface area (Å²) in [5, 5.41) is 6.38. The largest absolute Gasteiger partial charge is 0.330 e. The second kappa shape index (κ2) is 5.37. The standard InChI is InChI=1S/C11H12FN5O/c12-9-5-8(16-11(18)3-4-13)1-2-10(9)17-7-14-6-15-17/h1-2,5-7H,3-4,13H2,(H,16,18). The Morgan fingerprint density at radius 1 is 1.50 bits per heavy atom. The molecular formula is C11H12FN5O. The first-order chi connectivity index (χ1) is 8.70. The third kappa shape index (κ3) is 2.69. The Kier molecular flexibility index (Phi) is 3.63. The Bertz CT molecular complexity index is 540. The minimum atomic E-state index is -0.494. The zero-order valence-corrected chi connectivity index (χ0v) is 9.51. The molecule has 1 aromatic carbocycles. The molecule has 0 aliphatic heterocycles. The number of halogens is 1. The molecule has 0 unspecified atom stereocenters. The van der Waals surface area contributed by atoms with Gasteiger partial charge in [-0.05, 0) is 18.2 Å². The van der Waals surface area contributed by atoms with Crippen LogP contribution in [-0.2, 0) is 4.79 Å². The van der Waals surface area contributed by atoms with Crippen molar-refractivity contribution in [2.45, 2.75) is 6.42 Å². The van der Waals surface area contributed by atoms with Gasteiger partial charge in [-0.3, -0.25) is 4.79 Å². The van der Waals surface area contributed by atoms with Crippen molar-refractivity contribution < 1.29 is 9.18 Å². The van der Waals surface area contributed by atoms with Crippen LogP contribution in [0.25, 0.3) is 5.69 Å². The number of amides is 1. The van der Waals surface area contributed by atoms with Crippen LogP contribution in [0, 0.1) is 5.82 Å². The molecule has 0 fully saturated rings. The first-order valence-corrected chi connectivity index (χ1v) is 5.35. The van der Waals surface area contributed by atoms with Crippen LogP contribution < -0.4 is 11.1 Å². The van der Waals surface area contributed by atoms with E-state index in [2.05, 4.69) is 15.4 Å². The first kappa shape index (κ1) is 12.2. The number of carbonyl (C=O) groups is 1. The van der Waals surface area contributed by atoms with Crippen LogP contribution in [0.5, 0.6) is 0 Å². The molecule has 3 N–H and O–H groups in total. The van der Waals surface area contributed by atoms with E-state index in [4.69, 9.17) is 5.73 Å². The Morgan fingerprint density at radius 3 is 2.94 bits per heavy atom. The van der Waals surface area contributed by atoms with Crippen molar-refractivity contribution >= 4 is 11.6 Å². The summed E-state index contributed by atoms with van der Waals surface area (Å²) in [4.78, 5) is 15.0. The predicted molar refractivity (Wildman–Crippen MR) is 63.6 cm³/mol. The summed E-state index contributed by atoms with van der Waals surface area (Å²) in [5.41, 5.74) is 5.90. The monoisotopic (exact) mass is 249 g/mol. The van der Waals surface area contributed by atoms with E-state index < -0.39 is 5.82 Å². The smallest absolute Gasteiger partial charge is 0.225 e. The molecule has 1 amide bonds. The summed E-state index contributed by atoms with van der Waals surface area (Å²) in [5.74, 6) is -0.739. The second-order valence-corrected chi connectivity index (χ2v) is 3.59. The third-order valence-electron chi connectivity index (χ3n) is 2.27. The summed E-state index contributed by atoms with van der Waals surface area (Å²) in [6.45, 7) is 0.255. The zero-order chi connectivity index (χ0) is 13.0. The lowest BCUT2D eigenvalue weighted by molar-refractivity contribution is -0.116. The average Bonchev–Trinajstić information content (AvgIpc) is 2.82. The van der Waals surface area contributed by atoms with Crippen molar-refractivity contribution in [1.82, 2.24) is 14.8 Å². The van der Waals surface area contributed by atoms with Crippen molar-refractivity contribution in [3.63, 3.8) is 0 Å². The van der Waals surface area contributed by atoms with Gasteiger partial charge in [0.2, 0.25) is 5.91 Å². The van der Waals surface area contributed by atoms with Crippen LogP contribution in [0.15, 0.2) is 30.9 Å². The van der Waals surface area contributed by atoms with Gasteiger partial charge in [-0.15, -0.1) is 0 Å². The van der Waals surface area contributed by atoms with E-state index in [0.717, 1.165) is 0 Å². The molecule has 94 valence electrons. The maximum atomic E-state index is 13.8. The van der Waals surface area contributed by atoms with Gasteiger partial charge < -0.3 is 11.1 Å². The first-order valence-electron chi connectivity index (χ1n) is 5.35. The van der Waals surface area contributed by atoms with Gasteiger partial charge in [-0.1, -0.05) is 0 Å². The SMILES string of the molecule is NCCC(=O)Nc1ccc(-n2cncn2)c(F)c1. The fourth-order valence-corrected chi connectivity index (χ4v) is 1.46. The van der Waals surface area contributed by atoms with Gasteiger partial charge in [-0.2, -0.15) is 5.10 Å². The van der Waals surface area contributed by atoms with E-state index >= 15 is 0 Å². The van der Waals surface area contributed by atoms with Crippen molar-refractivity contribution in [3.8, 4) is 5.69 Å². The summed E-state index contributed by atoms with van der Waals surface area (Å²) >= 11 is 0. The topological polar surface area (TPSA) is 85.8 Å². The fraction of sp³-hybridized carbons (Fsp3) is 0.182. The number of nitrogens with two attached hydrogens (primary N) is 1. The number of hydrogen-bond donors (Lipinski definition) is 2. The van der Waals surface area contributed by atoms with Gasteiger partial charge in [0.05, 0.1) is 0 Å².